The largest absolute Gasteiger partial charge is 0.0610 e. The van der Waals surface area contributed by atoms with Crippen LogP contribution in [0.25, 0.3) is 109 Å². The predicted molar refractivity (Wildman–Crippen MR) is 180 cm³/mol. The highest BCUT2D eigenvalue weighted by atomic mass is 14.3. The van der Waals surface area contributed by atoms with E-state index in [2.05, 4.69) is 133 Å². The van der Waals surface area contributed by atoms with Crippen LogP contribution >= 0.6 is 0 Å². The van der Waals surface area contributed by atoms with E-state index in [4.69, 9.17) is 0 Å². The molecule has 0 radical (unpaired) electrons. The third-order valence-electron chi connectivity index (χ3n) is 10.1. The lowest BCUT2D eigenvalue weighted by molar-refractivity contribution is 1.63. The first-order chi connectivity index (χ1) is 20.8. The zero-order chi connectivity index (χ0) is 27.1. The molecule has 0 heteroatoms. The molecule has 42 heavy (non-hydrogen) atoms. The van der Waals surface area contributed by atoms with Gasteiger partial charge in [0.15, 0.2) is 0 Å². The van der Waals surface area contributed by atoms with Crippen LogP contribution in [0.15, 0.2) is 133 Å². The second-order valence-corrected chi connectivity index (χ2v) is 12.0. The van der Waals surface area contributed by atoms with E-state index in [9.17, 15) is 0 Å². The average molecular weight is 527 g/mol. The van der Waals surface area contributed by atoms with E-state index >= 15 is 0 Å². The van der Waals surface area contributed by atoms with Crippen molar-refractivity contribution in [3.05, 3.63) is 133 Å². The van der Waals surface area contributed by atoms with Crippen LogP contribution in [0, 0.1) is 0 Å². The molecule has 0 saturated carbocycles. The fourth-order valence-electron chi connectivity index (χ4n) is 8.31. The summed E-state index contributed by atoms with van der Waals surface area (Å²) in [5.74, 6) is 0. The van der Waals surface area contributed by atoms with Crippen molar-refractivity contribution in [3.63, 3.8) is 0 Å². The second-order valence-electron chi connectivity index (χ2n) is 12.0. The lowest BCUT2D eigenvalue weighted by Gasteiger charge is -2.13. The van der Waals surface area contributed by atoms with Crippen molar-refractivity contribution in [2.75, 3.05) is 0 Å². The van der Waals surface area contributed by atoms with Gasteiger partial charge < -0.3 is 0 Å². The molecule has 0 atom stereocenters. The Bertz CT molecular complexity index is 2520. The smallest absolute Gasteiger partial charge is 0.00139 e. The lowest BCUT2D eigenvalue weighted by Crippen LogP contribution is -1.86. The maximum absolute atomic E-state index is 2.34. The van der Waals surface area contributed by atoms with Crippen molar-refractivity contribution >= 4 is 64.6 Å². The fraction of sp³-hybridized carbons (Fsp3) is 0. The molecule has 11 rings (SSSR count). The first-order valence-corrected chi connectivity index (χ1v) is 14.8. The number of benzene rings is 9. The minimum Gasteiger partial charge on any atom is -0.0610 e. The van der Waals surface area contributed by atoms with E-state index < -0.39 is 0 Å². The van der Waals surface area contributed by atoms with E-state index in [1.54, 1.807) is 0 Å². The van der Waals surface area contributed by atoms with Crippen molar-refractivity contribution in [3.8, 4) is 44.5 Å². The highest BCUT2D eigenvalue weighted by Gasteiger charge is 2.23. The third-order valence-corrected chi connectivity index (χ3v) is 10.1. The van der Waals surface area contributed by atoms with Crippen LogP contribution in [0.4, 0.5) is 0 Å². The molecule has 9 aromatic carbocycles. The molecule has 0 spiro atoms. The van der Waals surface area contributed by atoms with Crippen LogP contribution < -0.4 is 0 Å². The summed E-state index contributed by atoms with van der Waals surface area (Å²) in [4.78, 5) is 0. The summed E-state index contributed by atoms with van der Waals surface area (Å²) in [5, 5.41) is 16.4. The summed E-state index contributed by atoms with van der Waals surface area (Å²) in [7, 11) is 0. The number of hydrogen-bond donors (Lipinski definition) is 0. The molecule has 0 bridgehead atoms. The zero-order valence-corrected chi connectivity index (χ0v) is 22.7. The van der Waals surface area contributed by atoms with Gasteiger partial charge in [-0.15, -0.1) is 0 Å². The van der Waals surface area contributed by atoms with Gasteiger partial charge in [0.05, 0.1) is 0 Å². The maximum Gasteiger partial charge on any atom is -0.00139 e. The normalized spacial score (nSPS) is 12.8. The van der Waals surface area contributed by atoms with Crippen LogP contribution in [-0.2, 0) is 0 Å². The van der Waals surface area contributed by atoms with Crippen LogP contribution in [0.5, 0.6) is 0 Å². The minimum absolute atomic E-state index is 1.26. The van der Waals surface area contributed by atoms with Crippen LogP contribution in [0.2, 0.25) is 0 Å². The molecule has 0 aliphatic heterocycles. The number of fused-ring (bicyclic) bond motifs is 2. The topological polar surface area (TPSA) is 0 Å². The summed E-state index contributed by atoms with van der Waals surface area (Å²) in [6.07, 6.45) is 0. The highest BCUT2D eigenvalue weighted by Crippen LogP contribution is 2.51. The highest BCUT2D eigenvalue weighted by molar-refractivity contribution is 6.35. The van der Waals surface area contributed by atoms with Gasteiger partial charge in [-0.25, -0.2) is 0 Å². The molecule has 0 N–H and O–H groups in total. The predicted octanol–water partition coefficient (Wildman–Crippen LogP) is 11.9. The van der Waals surface area contributed by atoms with Gasteiger partial charge in [0.25, 0.3) is 0 Å². The van der Waals surface area contributed by atoms with Gasteiger partial charge >= 0.3 is 0 Å². The molecule has 0 heterocycles. The Kier molecular flexibility index (Phi) is 3.67. The van der Waals surface area contributed by atoms with Crippen molar-refractivity contribution in [2.24, 2.45) is 0 Å². The summed E-state index contributed by atoms with van der Waals surface area (Å²) < 4.78 is 0. The monoisotopic (exact) mass is 526 g/mol. The van der Waals surface area contributed by atoms with Gasteiger partial charge in [-0.05, 0) is 109 Å². The SMILES string of the molecule is c1cc2c3c(c1)ccc1ccc4c(-c5ccc(-c6ccc7c8c6ccc6ccc9cccc-7c9c68)cc5)ccc-2c4c13. The number of hydrogen-bond acceptors (Lipinski definition) is 0. The molecule has 0 saturated heterocycles. The molecule has 0 fully saturated rings. The lowest BCUT2D eigenvalue weighted by atomic mass is 9.91. The van der Waals surface area contributed by atoms with Gasteiger partial charge in [0.2, 0.25) is 0 Å². The maximum atomic E-state index is 2.34. The van der Waals surface area contributed by atoms with Crippen molar-refractivity contribution < 1.29 is 0 Å². The quantitative estimate of drug-likeness (QED) is 0.197. The Balaban J connectivity index is 1.10. The summed E-state index contributed by atoms with van der Waals surface area (Å²) in [6.45, 7) is 0. The van der Waals surface area contributed by atoms with Crippen molar-refractivity contribution in [1.29, 1.82) is 0 Å². The van der Waals surface area contributed by atoms with Gasteiger partial charge in [-0.1, -0.05) is 133 Å². The fourth-order valence-corrected chi connectivity index (χ4v) is 8.31. The van der Waals surface area contributed by atoms with E-state index in [-0.39, 0.29) is 0 Å². The van der Waals surface area contributed by atoms with Gasteiger partial charge in [0, 0.05) is 0 Å². The molecule has 190 valence electrons. The summed E-state index contributed by atoms with van der Waals surface area (Å²) >= 11 is 0. The van der Waals surface area contributed by atoms with Gasteiger partial charge in [-0.2, -0.15) is 0 Å². The Morgan fingerprint density at radius 2 is 0.571 bits per heavy atom. The molecule has 2 aliphatic carbocycles. The minimum atomic E-state index is 1.26. The second kappa shape index (κ2) is 7.24. The Labute approximate surface area is 242 Å². The zero-order valence-electron chi connectivity index (χ0n) is 22.7. The van der Waals surface area contributed by atoms with Gasteiger partial charge in [-0.3, -0.25) is 0 Å². The standard InChI is InChI=1S/C42H22/c1-3-25-11-13-27-15-17-33-29(19-21-35-31(5-1)37(25)39(27)41(33)35)23-7-9-24(10-8-23)30-20-22-36-32-6-2-4-26-12-14-28-16-18-34(30)42(36)40(28)38(26)32/h1-22H. The van der Waals surface area contributed by atoms with Crippen LogP contribution in [-0.4, -0.2) is 0 Å². The van der Waals surface area contributed by atoms with E-state index in [1.165, 1.54) is 109 Å². The average Bonchev–Trinajstić information content (AvgIpc) is 3.58. The van der Waals surface area contributed by atoms with Crippen molar-refractivity contribution in [2.45, 2.75) is 0 Å². The molecule has 2 aliphatic rings. The first kappa shape index (κ1) is 21.3. The van der Waals surface area contributed by atoms with Crippen LogP contribution in [0.3, 0.4) is 0 Å². The van der Waals surface area contributed by atoms with Crippen LogP contribution in [0.1, 0.15) is 0 Å². The van der Waals surface area contributed by atoms with E-state index in [0.717, 1.165) is 0 Å². The van der Waals surface area contributed by atoms with E-state index in [0.29, 0.717) is 0 Å². The molecule has 0 nitrogen and oxygen atoms in total. The third kappa shape index (κ3) is 2.43. The molecular weight excluding hydrogens is 504 g/mol. The molecule has 0 unspecified atom stereocenters. The summed E-state index contributed by atoms with van der Waals surface area (Å²) in [5.41, 5.74) is 10.6. The Hall–Kier alpha value is -5.46. The summed E-state index contributed by atoms with van der Waals surface area (Å²) in [6, 6.07) is 50.3. The number of rotatable bonds is 2. The molecular formula is C42H22. The van der Waals surface area contributed by atoms with E-state index in [1.807, 2.05) is 0 Å². The molecule has 0 aromatic heterocycles. The first-order valence-electron chi connectivity index (χ1n) is 14.8. The van der Waals surface area contributed by atoms with Crippen molar-refractivity contribution in [1.82, 2.24) is 0 Å². The Morgan fingerprint density at radius 3 is 1.02 bits per heavy atom. The van der Waals surface area contributed by atoms with Gasteiger partial charge in [0.1, 0.15) is 0 Å². The molecule has 0 amide bonds. The molecule has 9 aromatic rings. The Morgan fingerprint density at radius 1 is 0.214 bits per heavy atom.